The third kappa shape index (κ3) is 1.34. The zero-order valence-corrected chi connectivity index (χ0v) is 9.79. The maximum Gasteiger partial charge on any atom is 0.314 e. The molecule has 85 valence electrons. The molecule has 1 rings (SSSR count). The van der Waals surface area contributed by atoms with Gasteiger partial charge in [0.2, 0.25) is 5.91 Å². The van der Waals surface area contributed by atoms with Crippen molar-refractivity contribution in [2.45, 2.75) is 20.3 Å². The Bertz CT molecular complexity index is 298. The fourth-order valence-electron chi connectivity index (χ4n) is 2.41. The normalized spacial score (nSPS) is 29.4. The minimum Gasteiger partial charge on any atom is -0.469 e. The molecule has 2 atom stereocenters. The van der Waals surface area contributed by atoms with Gasteiger partial charge in [-0.15, -0.1) is 0 Å². The number of carbonyl (C=O) groups excluding carboxylic acids is 2. The molecular formula is C11H18NO3. The second kappa shape index (κ2) is 3.51. The first-order valence-corrected chi connectivity index (χ1v) is 5.03. The summed E-state index contributed by atoms with van der Waals surface area (Å²) in [6, 6.07) is 0. The lowest BCUT2D eigenvalue weighted by atomic mass is 9.66. The lowest BCUT2D eigenvalue weighted by Crippen LogP contribution is -2.45. The average molecular weight is 212 g/mol. The maximum absolute atomic E-state index is 11.9. The molecule has 1 radical (unpaired) electrons. The van der Waals surface area contributed by atoms with Crippen LogP contribution in [0.1, 0.15) is 20.3 Å². The Kier molecular flexibility index (Phi) is 2.81. The van der Waals surface area contributed by atoms with Gasteiger partial charge in [-0.05, 0) is 20.3 Å². The molecule has 15 heavy (non-hydrogen) atoms. The molecule has 0 aromatic heterocycles. The van der Waals surface area contributed by atoms with Crippen molar-refractivity contribution in [3.05, 3.63) is 6.92 Å². The monoisotopic (exact) mass is 212 g/mol. The van der Waals surface area contributed by atoms with E-state index in [1.165, 1.54) is 7.11 Å². The smallest absolute Gasteiger partial charge is 0.314 e. The first kappa shape index (κ1) is 12.0. The van der Waals surface area contributed by atoms with E-state index in [0.29, 0.717) is 13.0 Å². The van der Waals surface area contributed by atoms with Gasteiger partial charge in [0.15, 0.2) is 0 Å². The number of methoxy groups -OCH3 is 1. The minimum absolute atomic E-state index is 0.102. The van der Waals surface area contributed by atoms with Gasteiger partial charge in [-0.2, -0.15) is 0 Å². The standard InChI is InChI=1S/C11H18NO3/c1-6-11(9(14)15-5)7-12(4)8(13)10(11,2)3/h2,6-7H2,1,3-5H3. The Labute approximate surface area is 90.6 Å². The van der Waals surface area contributed by atoms with E-state index in [1.807, 2.05) is 6.92 Å². The van der Waals surface area contributed by atoms with Crippen molar-refractivity contribution in [3.63, 3.8) is 0 Å². The Morgan fingerprint density at radius 3 is 2.47 bits per heavy atom. The van der Waals surface area contributed by atoms with Gasteiger partial charge in [0.1, 0.15) is 0 Å². The van der Waals surface area contributed by atoms with Crippen LogP contribution in [-0.4, -0.2) is 37.5 Å². The van der Waals surface area contributed by atoms with Crippen LogP contribution in [0.25, 0.3) is 0 Å². The molecule has 0 bridgehead atoms. The molecule has 0 aromatic carbocycles. The van der Waals surface area contributed by atoms with Crippen LogP contribution in [-0.2, 0) is 14.3 Å². The van der Waals surface area contributed by atoms with Crippen LogP contribution in [0.2, 0.25) is 0 Å². The van der Waals surface area contributed by atoms with E-state index in [-0.39, 0.29) is 11.9 Å². The first-order valence-electron chi connectivity index (χ1n) is 5.03. The van der Waals surface area contributed by atoms with Gasteiger partial charge in [0, 0.05) is 13.6 Å². The molecule has 0 spiro atoms. The lowest BCUT2D eigenvalue weighted by molar-refractivity contribution is -0.159. The van der Waals surface area contributed by atoms with E-state index in [4.69, 9.17) is 4.74 Å². The highest BCUT2D eigenvalue weighted by atomic mass is 16.5. The molecule has 1 fully saturated rings. The molecule has 1 aliphatic rings. The summed E-state index contributed by atoms with van der Waals surface area (Å²) in [6.45, 7) is 7.88. The maximum atomic E-state index is 11.9. The largest absolute Gasteiger partial charge is 0.469 e. The highest BCUT2D eigenvalue weighted by molar-refractivity contribution is 5.95. The topological polar surface area (TPSA) is 46.6 Å². The number of esters is 1. The van der Waals surface area contributed by atoms with Crippen molar-refractivity contribution in [2.75, 3.05) is 20.7 Å². The quantitative estimate of drug-likeness (QED) is 0.638. The molecule has 0 aliphatic carbocycles. The zero-order valence-electron chi connectivity index (χ0n) is 9.79. The number of nitrogens with zero attached hydrogens (tertiary/aromatic N) is 1. The van der Waals surface area contributed by atoms with Crippen LogP contribution in [0.3, 0.4) is 0 Å². The second-order valence-electron chi connectivity index (χ2n) is 4.42. The zero-order chi connectivity index (χ0) is 11.9. The summed E-state index contributed by atoms with van der Waals surface area (Å²) in [5, 5.41) is 0. The van der Waals surface area contributed by atoms with E-state index in [2.05, 4.69) is 6.92 Å². The van der Waals surface area contributed by atoms with Crippen molar-refractivity contribution in [3.8, 4) is 0 Å². The SMILES string of the molecule is [CH2]C1(C)C(=O)N(C)CC1(CC)C(=O)OC. The second-order valence-corrected chi connectivity index (χ2v) is 4.42. The highest BCUT2D eigenvalue weighted by Crippen LogP contribution is 2.49. The van der Waals surface area contributed by atoms with E-state index in [1.54, 1.807) is 18.9 Å². The predicted molar refractivity (Wildman–Crippen MR) is 55.8 cm³/mol. The fourth-order valence-corrected chi connectivity index (χ4v) is 2.41. The van der Waals surface area contributed by atoms with Crippen molar-refractivity contribution < 1.29 is 14.3 Å². The summed E-state index contributed by atoms with van der Waals surface area (Å²) in [4.78, 5) is 25.3. The summed E-state index contributed by atoms with van der Waals surface area (Å²) in [5.74, 6) is -0.449. The average Bonchev–Trinajstić information content (AvgIpc) is 2.38. The summed E-state index contributed by atoms with van der Waals surface area (Å²) < 4.78 is 4.80. The lowest BCUT2D eigenvalue weighted by Gasteiger charge is -2.34. The van der Waals surface area contributed by atoms with E-state index >= 15 is 0 Å². The molecule has 2 unspecified atom stereocenters. The third-order valence-electron chi connectivity index (χ3n) is 3.56. The molecule has 0 N–H and O–H groups in total. The first-order chi connectivity index (χ1) is 6.83. The summed E-state index contributed by atoms with van der Waals surface area (Å²) in [7, 11) is 3.03. The molecule has 1 aliphatic heterocycles. The van der Waals surface area contributed by atoms with Crippen molar-refractivity contribution in [1.82, 2.24) is 4.90 Å². The van der Waals surface area contributed by atoms with Crippen molar-refractivity contribution in [2.24, 2.45) is 10.8 Å². The molecule has 1 saturated heterocycles. The highest BCUT2D eigenvalue weighted by Gasteiger charge is 2.61. The van der Waals surface area contributed by atoms with Crippen molar-refractivity contribution in [1.29, 1.82) is 0 Å². The Hall–Kier alpha value is -1.06. The van der Waals surface area contributed by atoms with Gasteiger partial charge in [-0.3, -0.25) is 9.59 Å². The van der Waals surface area contributed by atoms with Gasteiger partial charge in [-0.1, -0.05) is 6.92 Å². The summed E-state index contributed by atoms with van der Waals surface area (Å²) in [5.41, 5.74) is -1.74. The molecule has 0 aromatic rings. The van der Waals surface area contributed by atoms with Crippen LogP contribution in [0, 0.1) is 17.8 Å². The number of rotatable bonds is 2. The van der Waals surface area contributed by atoms with Gasteiger partial charge < -0.3 is 9.64 Å². The van der Waals surface area contributed by atoms with Gasteiger partial charge in [-0.25, -0.2) is 0 Å². The molecule has 0 saturated carbocycles. The van der Waals surface area contributed by atoms with Crippen LogP contribution >= 0.6 is 0 Å². The number of carbonyl (C=O) groups is 2. The van der Waals surface area contributed by atoms with Gasteiger partial charge >= 0.3 is 5.97 Å². The molecule has 4 heteroatoms. The van der Waals surface area contributed by atoms with Crippen LogP contribution in [0.15, 0.2) is 0 Å². The van der Waals surface area contributed by atoms with E-state index < -0.39 is 10.8 Å². The van der Waals surface area contributed by atoms with Gasteiger partial charge in [0.05, 0.1) is 17.9 Å². The summed E-state index contributed by atoms with van der Waals surface area (Å²) in [6.07, 6.45) is 0.551. The summed E-state index contributed by atoms with van der Waals surface area (Å²) >= 11 is 0. The number of hydrogen-bond acceptors (Lipinski definition) is 3. The molecule has 1 amide bonds. The van der Waals surface area contributed by atoms with Crippen LogP contribution in [0.4, 0.5) is 0 Å². The Morgan fingerprint density at radius 1 is 1.67 bits per heavy atom. The minimum atomic E-state index is -0.927. The van der Waals surface area contributed by atoms with E-state index in [0.717, 1.165) is 0 Å². The fraction of sp³-hybridized carbons (Fsp3) is 0.727. The van der Waals surface area contributed by atoms with E-state index in [9.17, 15) is 9.59 Å². The third-order valence-corrected chi connectivity index (χ3v) is 3.56. The van der Waals surface area contributed by atoms with Crippen LogP contribution in [0.5, 0.6) is 0 Å². The molecular weight excluding hydrogens is 194 g/mol. The number of likely N-dealkylation sites (tertiary alicyclic amines) is 1. The Balaban J connectivity index is 3.22. The van der Waals surface area contributed by atoms with Crippen LogP contribution < -0.4 is 0 Å². The molecule has 4 nitrogen and oxygen atoms in total. The van der Waals surface area contributed by atoms with Crippen molar-refractivity contribution >= 4 is 11.9 Å². The van der Waals surface area contributed by atoms with Gasteiger partial charge in [0.25, 0.3) is 0 Å². The number of ether oxygens (including phenoxy) is 1. The Morgan fingerprint density at radius 2 is 2.20 bits per heavy atom. The predicted octanol–water partition coefficient (Wildman–Crippen LogP) is 0.868. The molecule has 1 heterocycles. The number of amides is 1. The number of hydrogen-bond donors (Lipinski definition) is 0.